The molecule has 3 unspecified atom stereocenters. The monoisotopic (exact) mass is 294 g/mol. The van der Waals surface area contributed by atoms with Gasteiger partial charge in [-0.1, -0.05) is 40.5 Å². The predicted octanol–water partition coefficient (Wildman–Crippen LogP) is 2.72. The average molecular weight is 294 g/mol. The van der Waals surface area contributed by atoms with Crippen LogP contribution in [0.2, 0.25) is 0 Å². The highest BCUT2D eigenvalue weighted by Gasteiger charge is 2.48. The van der Waals surface area contributed by atoms with E-state index in [-0.39, 0.29) is 17.9 Å². The molecule has 0 aromatic carbocycles. The normalized spacial score (nSPS) is 32.4. The van der Waals surface area contributed by atoms with Crippen LogP contribution in [0.3, 0.4) is 0 Å². The van der Waals surface area contributed by atoms with E-state index in [0.29, 0.717) is 31.1 Å². The van der Waals surface area contributed by atoms with Gasteiger partial charge in [0.05, 0.1) is 0 Å². The van der Waals surface area contributed by atoms with E-state index < -0.39 is 5.54 Å². The first kappa shape index (κ1) is 16.3. The summed E-state index contributed by atoms with van der Waals surface area (Å²) in [5.41, 5.74) is -0.676. The van der Waals surface area contributed by atoms with Gasteiger partial charge in [-0.25, -0.2) is 0 Å². The van der Waals surface area contributed by atoms with Crippen molar-refractivity contribution in [2.45, 2.75) is 77.8 Å². The number of carbonyl (C=O) groups is 2. The van der Waals surface area contributed by atoms with E-state index >= 15 is 0 Å². The van der Waals surface area contributed by atoms with Crippen LogP contribution in [0.5, 0.6) is 0 Å². The summed E-state index contributed by atoms with van der Waals surface area (Å²) in [6.45, 7) is 9.01. The van der Waals surface area contributed by atoms with Gasteiger partial charge in [-0.05, 0) is 37.5 Å². The summed E-state index contributed by atoms with van der Waals surface area (Å²) in [5, 5.41) is 3.02. The van der Waals surface area contributed by atoms with Gasteiger partial charge in [0.15, 0.2) is 0 Å². The van der Waals surface area contributed by atoms with Crippen molar-refractivity contribution < 1.29 is 9.59 Å². The summed E-state index contributed by atoms with van der Waals surface area (Å²) in [6, 6.07) is -0.281. The summed E-state index contributed by atoms with van der Waals surface area (Å²) in [6.07, 6.45) is 5.73. The van der Waals surface area contributed by atoms with Crippen molar-refractivity contribution in [2.75, 3.05) is 6.54 Å². The van der Waals surface area contributed by atoms with Crippen molar-refractivity contribution in [3.8, 4) is 0 Å². The first-order chi connectivity index (χ1) is 9.99. The molecule has 0 bridgehead atoms. The summed E-state index contributed by atoms with van der Waals surface area (Å²) in [4.78, 5) is 27.4. The van der Waals surface area contributed by atoms with Crippen LogP contribution in [0.25, 0.3) is 0 Å². The number of hydrogen-bond acceptors (Lipinski definition) is 2. The number of rotatable bonds is 5. The minimum atomic E-state index is -0.676. The first-order valence-electron chi connectivity index (χ1n) is 8.62. The Labute approximate surface area is 128 Å². The lowest BCUT2D eigenvalue weighted by Crippen LogP contribution is -2.70. The van der Waals surface area contributed by atoms with Gasteiger partial charge in [0.25, 0.3) is 0 Å². The summed E-state index contributed by atoms with van der Waals surface area (Å²) >= 11 is 0. The van der Waals surface area contributed by atoms with Gasteiger partial charge in [0, 0.05) is 6.54 Å². The third kappa shape index (κ3) is 2.82. The topological polar surface area (TPSA) is 49.4 Å². The molecule has 2 fully saturated rings. The molecule has 1 N–H and O–H groups in total. The van der Waals surface area contributed by atoms with Crippen molar-refractivity contribution in [2.24, 2.45) is 11.8 Å². The molecule has 0 radical (unpaired) electrons. The molecule has 1 aliphatic heterocycles. The second-order valence-corrected chi connectivity index (χ2v) is 6.83. The zero-order valence-corrected chi connectivity index (χ0v) is 13.9. The molecule has 1 heterocycles. The molecule has 1 saturated carbocycles. The molecule has 1 aliphatic carbocycles. The molecule has 0 aromatic heterocycles. The summed E-state index contributed by atoms with van der Waals surface area (Å²) in [5.74, 6) is 1.39. The van der Waals surface area contributed by atoms with E-state index in [4.69, 9.17) is 0 Å². The Morgan fingerprint density at radius 2 is 1.86 bits per heavy atom. The number of amides is 2. The highest BCUT2D eigenvalue weighted by Crippen LogP contribution is 2.34. The van der Waals surface area contributed by atoms with Crippen LogP contribution in [0, 0.1) is 11.8 Å². The molecule has 0 aromatic rings. The number of carbonyl (C=O) groups excluding carboxylic acids is 2. The fourth-order valence-corrected chi connectivity index (χ4v) is 4.02. The van der Waals surface area contributed by atoms with Gasteiger partial charge in [0.1, 0.15) is 11.6 Å². The van der Waals surface area contributed by atoms with Gasteiger partial charge in [-0.2, -0.15) is 0 Å². The van der Waals surface area contributed by atoms with E-state index in [0.717, 1.165) is 6.54 Å². The molecule has 4 heteroatoms. The fraction of sp³-hybridized carbons (Fsp3) is 0.882. The second kappa shape index (κ2) is 6.37. The largest absolute Gasteiger partial charge is 0.340 e. The molecule has 3 atom stereocenters. The highest BCUT2D eigenvalue weighted by atomic mass is 16.2. The number of nitrogens with one attached hydrogen (secondary N) is 1. The zero-order chi connectivity index (χ0) is 15.6. The minimum Gasteiger partial charge on any atom is -0.340 e. The molecule has 2 aliphatic rings. The van der Waals surface area contributed by atoms with Crippen molar-refractivity contribution in [3.05, 3.63) is 0 Å². The molecular weight excluding hydrogens is 264 g/mol. The van der Waals surface area contributed by atoms with Gasteiger partial charge < -0.3 is 10.2 Å². The third-order valence-electron chi connectivity index (χ3n) is 5.78. The van der Waals surface area contributed by atoms with Crippen molar-refractivity contribution in [1.82, 2.24) is 10.2 Å². The maximum Gasteiger partial charge on any atom is 0.248 e. The Balaban J connectivity index is 2.24. The molecule has 21 heavy (non-hydrogen) atoms. The lowest BCUT2D eigenvalue weighted by molar-refractivity contribution is -0.156. The lowest BCUT2D eigenvalue weighted by atomic mass is 9.85. The zero-order valence-electron chi connectivity index (χ0n) is 13.9. The van der Waals surface area contributed by atoms with Crippen molar-refractivity contribution in [1.29, 1.82) is 0 Å². The second-order valence-electron chi connectivity index (χ2n) is 6.83. The van der Waals surface area contributed by atoms with E-state index in [2.05, 4.69) is 12.2 Å². The summed E-state index contributed by atoms with van der Waals surface area (Å²) in [7, 11) is 0. The Morgan fingerprint density at radius 1 is 1.19 bits per heavy atom. The SMILES string of the molecule is CCC1C(=O)NC(CC)(CC)C(=O)N1CC1CCCC1C. The third-order valence-corrected chi connectivity index (χ3v) is 5.78. The van der Waals surface area contributed by atoms with E-state index in [1.54, 1.807) is 0 Å². The van der Waals surface area contributed by atoms with E-state index in [9.17, 15) is 9.59 Å². The van der Waals surface area contributed by atoms with Crippen molar-refractivity contribution in [3.63, 3.8) is 0 Å². The van der Waals surface area contributed by atoms with E-state index in [1.807, 2.05) is 25.7 Å². The van der Waals surface area contributed by atoms with Crippen molar-refractivity contribution >= 4 is 11.8 Å². The molecule has 2 amide bonds. The number of hydrogen-bond donors (Lipinski definition) is 1. The van der Waals surface area contributed by atoms with Gasteiger partial charge in [0.2, 0.25) is 11.8 Å². The Bertz CT molecular complexity index is 404. The van der Waals surface area contributed by atoms with Crippen LogP contribution in [-0.4, -0.2) is 34.8 Å². The minimum absolute atomic E-state index is 0.0338. The first-order valence-corrected chi connectivity index (χ1v) is 8.62. The molecular formula is C17H30N2O2. The predicted molar refractivity (Wildman–Crippen MR) is 83.8 cm³/mol. The quantitative estimate of drug-likeness (QED) is 0.847. The molecule has 4 nitrogen and oxygen atoms in total. The Hall–Kier alpha value is -1.06. The van der Waals surface area contributed by atoms with Crippen LogP contribution in [0.4, 0.5) is 0 Å². The Morgan fingerprint density at radius 3 is 2.33 bits per heavy atom. The van der Waals surface area contributed by atoms with E-state index in [1.165, 1.54) is 19.3 Å². The average Bonchev–Trinajstić information content (AvgIpc) is 2.88. The Kier molecular flexibility index (Phi) is 4.95. The van der Waals surface area contributed by atoms with Crippen LogP contribution in [0.15, 0.2) is 0 Å². The number of nitrogens with zero attached hydrogens (tertiary/aromatic N) is 1. The van der Waals surface area contributed by atoms with Crippen LogP contribution < -0.4 is 5.32 Å². The highest BCUT2D eigenvalue weighted by molar-refractivity contribution is 5.99. The lowest BCUT2D eigenvalue weighted by Gasteiger charge is -2.46. The summed E-state index contributed by atoms with van der Waals surface area (Å²) < 4.78 is 0. The maximum atomic E-state index is 13.0. The van der Waals surface area contributed by atoms with Gasteiger partial charge >= 0.3 is 0 Å². The molecule has 0 spiro atoms. The van der Waals surface area contributed by atoms with Gasteiger partial charge in [-0.15, -0.1) is 0 Å². The fourth-order valence-electron chi connectivity index (χ4n) is 4.02. The molecule has 1 saturated heterocycles. The molecule has 120 valence electrons. The van der Waals surface area contributed by atoms with Gasteiger partial charge in [-0.3, -0.25) is 9.59 Å². The van der Waals surface area contributed by atoms with Crippen LogP contribution in [-0.2, 0) is 9.59 Å². The van der Waals surface area contributed by atoms with Crippen LogP contribution >= 0.6 is 0 Å². The van der Waals surface area contributed by atoms with Crippen LogP contribution in [0.1, 0.15) is 66.2 Å². The maximum absolute atomic E-state index is 13.0. The smallest absolute Gasteiger partial charge is 0.248 e. The molecule has 2 rings (SSSR count). The standard InChI is InChI=1S/C17H30N2O2/c1-5-14-15(20)18-17(6-2,7-3)16(21)19(14)11-13-10-8-9-12(13)4/h12-14H,5-11H2,1-4H3,(H,18,20). The number of piperazine rings is 1.